The second kappa shape index (κ2) is 4.61. The number of carbonyl (C=O) groups is 2. The van der Waals surface area contributed by atoms with Gasteiger partial charge in [0, 0.05) is 5.56 Å². The van der Waals surface area contributed by atoms with Gasteiger partial charge in [-0.05, 0) is 30.7 Å². The summed E-state index contributed by atoms with van der Waals surface area (Å²) in [4.78, 5) is 22.7. The van der Waals surface area contributed by atoms with Crippen LogP contribution in [0.1, 0.15) is 22.8 Å². The van der Waals surface area contributed by atoms with Crippen LogP contribution in [0.4, 0.5) is 0 Å². The lowest BCUT2D eigenvalue weighted by Crippen LogP contribution is -2.20. The van der Waals surface area contributed by atoms with Crippen molar-refractivity contribution in [1.82, 2.24) is 0 Å². The number of Topliss-reactive ketones (excluding diaryl/α,β-unsaturated/α-hetero) is 1. The molecule has 1 unspecified atom stereocenters. The Morgan fingerprint density at radius 3 is 2.33 bits per heavy atom. The molecule has 0 aliphatic carbocycles. The Bertz CT molecular complexity index is 629. The fourth-order valence-corrected chi connectivity index (χ4v) is 1.88. The topological polar surface area (TPSA) is 54.4 Å². The third-order valence-corrected chi connectivity index (χ3v) is 3.04. The fourth-order valence-electron chi connectivity index (χ4n) is 1.88. The molecule has 0 radical (unpaired) electrons. The largest absolute Gasteiger partial charge is 0.481 e. The molecule has 0 saturated heterocycles. The Hall–Kier alpha value is -2.16. The molecule has 0 amide bonds. The molecule has 0 saturated carbocycles. The van der Waals surface area contributed by atoms with Crippen LogP contribution in [0.25, 0.3) is 10.8 Å². The van der Waals surface area contributed by atoms with E-state index in [-0.39, 0.29) is 5.78 Å². The summed E-state index contributed by atoms with van der Waals surface area (Å²) in [6, 6.07) is 11.2. The number of hydrogen-bond acceptors (Lipinski definition) is 2. The van der Waals surface area contributed by atoms with Gasteiger partial charge in [0.1, 0.15) is 5.92 Å². The van der Waals surface area contributed by atoms with E-state index in [0.29, 0.717) is 5.56 Å². The molecular weight excluding hydrogens is 228 g/mol. The zero-order valence-electron chi connectivity index (χ0n) is 10.3. The van der Waals surface area contributed by atoms with E-state index in [1.807, 2.05) is 31.2 Å². The van der Waals surface area contributed by atoms with Crippen LogP contribution < -0.4 is 0 Å². The number of aryl methyl sites for hydroxylation is 1. The van der Waals surface area contributed by atoms with Gasteiger partial charge in [0.25, 0.3) is 0 Å². The highest BCUT2D eigenvalue weighted by molar-refractivity contribution is 6.09. The second-order valence-electron chi connectivity index (χ2n) is 4.49. The summed E-state index contributed by atoms with van der Waals surface area (Å²) < 4.78 is 0. The van der Waals surface area contributed by atoms with Gasteiger partial charge in [-0.2, -0.15) is 0 Å². The number of carboxylic acid groups (broad SMARTS) is 1. The lowest BCUT2D eigenvalue weighted by molar-refractivity contribution is -0.139. The Balaban J connectivity index is 2.44. The predicted molar refractivity (Wildman–Crippen MR) is 69.8 cm³/mol. The van der Waals surface area contributed by atoms with E-state index in [4.69, 9.17) is 5.11 Å². The van der Waals surface area contributed by atoms with E-state index >= 15 is 0 Å². The minimum atomic E-state index is -1.09. The van der Waals surface area contributed by atoms with Gasteiger partial charge in [-0.3, -0.25) is 9.59 Å². The predicted octanol–water partition coefficient (Wildman–Crippen LogP) is 3.05. The molecule has 18 heavy (non-hydrogen) atoms. The smallest absolute Gasteiger partial charge is 0.314 e. The monoisotopic (exact) mass is 242 g/mol. The van der Waals surface area contributed by atoms with E-state index in [1.165, 1.54) is 6.92 Å². The zero-order chi connectivity index (χ0) is 13.3. The van der Waals surface area contributed by atoms with Gasteiger partial charge >= 0.3 is 5.97 Å². The van der Waals surface area contributed by atoms with Crippen molar-refractivity contribution >= 4 is 22.5 Å². The quantitative estimate of drug-likeness (QED) is 0.664. The summed E-state index contributed by atoms with van der Waals surface area (Å²) in [5.74, 6) is -2.46. The molecule has 3 heteroatoms. The molecule has 0 bridgehead atoms. The van der Waals surface area contributed by atoms with Crippen LogP contribution >= 0.6 is 0 Å². The minimum Gasteiger partial charge on any atom is -0.481 e. The maximum atomic E-state index is 11.9. The molecule has 0 fully saturated rings. The SMILES string of the molecule is Cc1ccc2cc(C(=O)C(C)C(=O)O)ccc2c1. The summed E-state index contributed by atoms with van der Waals surface area (Å²) in [6.45, 7) is 3.41. The third-order valence-electron chi connectivity index (χ3n) is 3.04. The van der Waals surface area contributed by atoms with Crippen LogP contribution in [0.3, 0.4) is 0 Å². The molecule has 3 nitrogen and oxygen atoms in total. The fraction of sp³-hybridized carbons (Fsp3) is 0.200. The third kappa shape index (κ3) is 2.25. The number of ketones is 1. The van der Waals surface area contributed by atoms with Crippen molar-refractivity contribution in [2.75, 3.05) is 0 Å². The second-order valence-corrected chi connectivity index (χ2v) is 4.49. The zero-order valence-corrected chi connectivity index (χ0v) is 10.3. The molecule has 0 aromatic heterocycles. The van der Waals surface area contributed by atoms with E-state index in [2.05, 4.69) is 0 Å². The average molecular weight is 242 g/mol. The van der Waals surface area contributed by atoms with Crippen molar-refractivity contribution in [3.05, 3.63) is 47.5 Å². The van der Waals surface area contributed by atoms with Crippen LogP contribution in [-0.4, -0.2) is 16.9 Å². The van der Waals surface area contributed by atoms with Crippen molar-refractivity contribution in [3.63, 3.8) is 0 Å². The first-order valence-corrected chi connectivity index (χ1v) is 5.76. The minimum absolute atomic E-state index is 0.357. The standard InChI is InChI=1S/C15H14O3/c1-9-3-4-12-8-13(6-5-11(12)7-9)14(16)10(2)15(17)18/h3-8,10H,1-2H3,(H,17,18). The molecule has 0 spiro atoms. The Morgan fingerprint density at radius 1 is 1.06 bits per heavy atom. The molecule has 2 aromatic carbocycles. The number of hydrogen-bond donors (Lipinski definition) is 1. The Morgan fingerprint density at radius 2 is 1.67 bits per heavy atom. The van der Waals surface area contributed by atoms with E-state index < -0.39 is 11.9 Å². The van der Waals surface area contributed by atoms with Gasteiger partial charge in [-0.15, -0.1) is 0 Å². The van der Waals surface area contributed by atoms with Crippen molar-refractivity contribution in [3.8, 4) is 0 Å². The van der Waals surface area contributed by atoms with Crippen LogP contribution in [0, 0.1) is 12.8 Å². The highest BCUT2D eigenvalue weighted by atomic mass is 16.4. The number of aliphatic carboxylic acids is 1. The number of carboxylic acids is 1. The molecule has 2 aromatic rings. The van der Waals surface area contributed by atoms with Crippen molar-refractivity contribution in [1.29, 1.82) is 0 Å². The Kier molecular flexibility index (Phi) is 3.15. The maximum Gasteiger partial charge on any atom is 0.314 e. The van der Waals surface area contributed by atoms with Crippen LogP contribution in [0.2, 0.25) is 0 Å². The Labute approximate surface area is 105 Å². The molecule has 1 N–H and O–H groups in total. The molecule has 92 valence electrons. The lowest BCUT2D eigenvalue weighted by atomic mass is 9.96. The highest BCUT2D eigenvalue weighted by Gasteiger charge is 2.21. The molecule has 0 heterocycles. The van der Waals surface area contributed by atoms with Crippen LogP contribution in [-0.2, 0) is 4.79 Å². The van der Waals surface area contributed by atoms with Crippen LogP contribution in [0.5, 0.6) is 0 Å². The number of fused-ring (bicyclic) bond motifs is 1. The first-order chi connectivity index (χ1) is 8.49. The summed E-state index contributed by atoms with van der Waals surface area (Å²) in [5.41, 5.74) is 1.60. The van der Waals surface area contributed by atoms with Gasteiger partial charge < -0.3 is 5.11 Å². The molecule has 0 aliphatic rings. The van der Waals surface area contributed by atoms with Gasteiger partial charge in [-0.25, -0.2) is 0 Å². The summed E-state index contributed by atoms with van der Waals surface area (Å²) >= 11 is 0. The van der Waals surface area contributed by atoms with E-state index in [1.54, 1.807) is 12.1 Å². The van der Waals surface area contributed by atoms with Crippen molar-refractivity contribution < 1.29 is 14.7 Å². The van der Waals surface area contributed by atoms with Gasteiger partial charge in [0.05, 0.1) is 0 Å². The molecule has 2 rings (SSSR count). The highest BCUT2D eigenvalue weighted by Crippen LogP contribution is 2.19. The summed E-state index contributed by atoms with van der Waals surface area (Å²) in [5, 5.41) is 10.8. The first kappa shape index (κ1) is 12.3. The molecule has 1 atom stereocenters. The number of rotatable bonds is 3. The lowest BCUT2D eigenvalue weighted by Gasteiger charge is -2.07. The van der Waals surface area contributed by atoms with Crippen LogP contribution in [0.15, 0.2) is 36.4 Å². The van der Waals surface area contributed by atoms with Gasteiger partial charge in [-0.1, -0.05) is 35.9 Å². The van der Waals surface area contributed by atoms with E-state index in [0.717, 1.165) is 16.3 Å². The first-order valence-electron chi connectivity index (χ1n) is 5.76. The maximum absolute atomic E-state index is 11.9. The van der Waals surface area contributed by atoms with Gasteiger partial charge in [0.2, 0.25) is 0 Å². The molecular formula is C15H14O3. The van der Waals surface area contributed by atoms with E-state index in [9.17, 15) is 9.59 Å². The van der Waals surface area contributed by atoms with Crippen molar-refractivity contribution in [2.45, 2.75) is 13.8 Å². The molecule has 0 aliphatic heterocycles. The van der Waals surface area contributed by atoms with Gasteiger partial charge in [0.15, 0.2) is 5.78 Å². The number of carbonyl (C=O) groups excluding carboxylic acids is 1. The normalized spacial score (nSPS) is 12.3. The van der Waals surface area contributed by atoms with Crippen molar-refractivity contribution in [2.24, 2.45) is 5.92 Å². The average Bonchev–Trinajstić information content (AvgIpc) is 2.36. The summed E-state index contributed by atoms with van der Waals surface area (Å²) in [6.07, 6.45) is 0. The number of benzene rings is 2. The summed E-state index contributed by atoms with van der Waals surface area (Å²) in [7, 11) is 0.